The van der Waals surface area contributed by atoms with E-state index < -0.39 is 0 Å². The van der Waals surface area contributed by atoms with E-state index in [1.54, 1.807) is 0 Å². The summed E-state index contributed by atoms with van der Waals surface area (Å²) in [4.78, 5) is 2.44. The largest absolute Gasteiger partial charge is 0.396 e. The Hall–Kier alpha value is 0.210. The lowest BCUT2D eigenvalue weighted by molar-refractivity contribution is 0.0489. The molecule has 0 aromatic heterocycles. The minimum atomic E-state index is 0.00689. The third kappa shape index (κ3) is 2.58. The van der Waals surface area contributed by atoms with E-state index in [1.807, 2.05) is 0 Å². The molecule has 1 rings (SSSR count). The maximum atomic E-state index is 9.26. The Balaban J connectivity index is 2.45. The molecule has 0 spiro atoms. The summed E-state index contributed by atoms with van der Waals surface area (Å²) in [5, 5.41) is 9.26. The lowest BCUT2D eigenvalue weighted by Gasteiger charge is -2.41. The Morgan fingerprint density at radius 3 is 2.23 bits per heavy atom. The van der Waals surface area contributed by atoms with Crippen LogP contribution in [-0.4, -0.2) is 41.6 Å². The van der Waals surface area contributed by atoms with E-state index in [9.17, 15) is 5.11 Å². The van der Waals surface area contributed by atoms with E-state index in [1.165, 1.54) is 0 Å². The second-order valence-corrected chi connectivity index (χ2v) is 4.69. The van der Waals surface area contributed by atoms with Gasteiger partial charge in [-0.2, -0.15) is 0 Å². The molecule has 78 valence electrons. The molecule has 0 amide bonds. The molecule has 1 heterocycles. The summed E-state index contributed by atoms with van der Waals surface area (Å²) in [5.74, 6) is 0.593. The molecule has 1 N–H and O–H groups in total. The standard InChI is InChI=1S/C10H20ClNO/c1-9(2)12-5-3-10(7-11,8-13)4-6-12/h9,13H,3-8H2,1-2H3. The minimum Gasteiger partial charge on any atom is -0.396 e. The van der Waals surface area contributed by atoms with Gasteiger partial charge >= 0.3 is 0 Å². The van der Waals surface area contributed by atoms with E-state index >= 15 is 0 Å². The van der Waals surface area contributed by atoms with Gasteiger partial charge in [-0.3, -0.25) is 0 Å². The molecule has 0 aromatic carbocycles. The molecule has 3 heteroatoms. The first-order valence-electron chi connectivity index (χ1n) is 5.04. The van der Waals surface area contributed by atoms with Crippen molar-refractivity contribution < 1.29 is 5.11 Å². The number of aliphatic hydroxyl groups is 1. The molecule has 13 heavy (non-hydrogen) atoms. The Morgan fingerprint density at radius 2 is 1.92 bits per heavy atom. The average molecular weight is 206 g/mol. The number of likely N-dealkylation sites (tertiary alicyclic amines) is 1. The normalized spacial score (nSPS) is 23.8. The average Bonchev–Trinajstić information content (AvgIpc) is 2.18. The summed E-state index contributed by atoms with van der Waals surface area (Å²) in [6.07, 6.45) is 2.07. The van der Waals surface area contributed by atoms with Crippen LogP contribution >= 0.6 is 11.6 Å². The van der Waals surface area contributed by atoms with Crippen molar-refractivity contribution in [3.8, 4) is 0 Å². The molecule has 0 aliphatic carbocycles. The molecule has 0 unspecified atom stereocenters. The molecular formula is C10H20ClNO. The van der Waals surface area contributed by atoms with Crippen LogP contribution in [0, 0.1) is 5.41 Å². The highest BCUT2D eigenvalue weighted by Crippen LogP contribution is 2.32. The van der Waals surface area contributed by atoms with Gasteiger partial charge in [0.15, 0.2) is 0 Å². The van der Waals surface area contributed by atoms with Gasteiger partial charge in [0, 0.05) is 23.9 Å². The number of halogens is 1. The molecule has 0 atom stereocenters. The Kier molecular flexibility index (Phi) is 4.02. The molecule has 1 aliphatic rings. The van der Waals surface area contributed by atoms with Crippen LogP contribution in [0.15, 0.2) is 0 Å². The number of nitrogens with zero attached hydrogens (tertiary/aromatic N) is 1. The van der Waals surface area contributed by atoms with E-state index in [-0.39, 0.29) is 12.0 Å². The molecule has 1 fully saturated rings. The van der Waals surface area contributed by atoms with Gasteiger partial charge in [0.2, 0.25) is 0 Å². The lowest BCUT2D eigenvalue weighted by atomic mass is 9.81. The molecule has 0 aromatic rings. The van der Waals surface area contributed by atoms with Gasteiger partial charge in [0.1, 0.15) is 0 Å². The lowest BCUT2D eigenvalue weighted by Crippen LogP contribution is -2.45. The fraction of sp³-hybridized carbons (Fsp3) is 1.00. The van der Waals surface area contributed by atoms with Crippen LogP contribution in [-0.2, 0) is 0 Å². The summed E-state index contributed by atoms with van der Waals surface area (Å²) in [7, 11) is 0. The van der Waals surface area contributed by atoms with Crippen molar-refractivity contribution in [3.05, 3.63) is 0 Å². The van der Waals surface area contributed by atoms with Gasteiger partial charge in [0.25, 0.3) is 0 Å². The fourth-order valence-corrected chi connectivity index (χ4v) is 2.20. The van der Waals surface area contributed by atoms with Gasteiger partial charge in [-0.1, -0.05) is 0 Å². The number of piperidine rings is 1. The van der Waals surface area contributed by atoms with Gasteiger partial charge in [-0.25, -0.2) is 0 Å². The number of alkyl halides is 1. The minimum absolute atomic E-state index is 0.00689. The quantitative estimate of drug-likeness (QED) is 0.710. The highest BCUT2D eigenvalue weighted by molar-refractivity contribution is 6.18. The maximum Gasteiger partial charge on any atom is 0.0499 e. The smallest absolute Gasteiger partial charge is 0.0499 e. The summed E-state index contributed by atoms with van der Waals surface area (Å²) < 4.78 is 0. The Morgan fingerprint density at radius 1 is 1.38 bits per heavy atom. The van der Waals surface area contributed by atoms with Gasteiger partial charge in [-0.05, 0) is 39.8 Å². The van der Waals surface area contributed by atoms with Crippen molar-refractivity contribution in [1.29, 1.82) is 0 Å². The summed E-state index contributed by atoms with van der Waals surface area (Å²) >= 11 is 5.89. The molecule has 1 saturated heterocycles. The predicted octanol–water partition coefficient (Wildman–Crippen LogP) is 1.71. The zero-order valence-electron chi connectivity index (χ0n) is 8.59. The first-order chi connectivity index (χ1) is 6.13. The number of aliphatic hydroxyl groups excluding tert-OH is 1. The third-order valence-electron chi connectivity index (χ3n) is 3.21. The van der Waals surface area contributed by atoms with Crippen LogP contribution in [0.25, 0.3) is 0 Å². The van der Waals surface area contributed by atoms with Crippen LogP contribution < -0.4 is 0 Å². The van der Waals surface area contributed by atoms with E-state index in [4.69, 9.17) is 11.6 Å². The van der Waals surface area contributed by atoms with Crippen molar-refractivity contribution in [2.24, 2.45) is 5.41 Å². The Labute approximate surface area is 85.9 Å². The van der Waals surface area contributed by atoms with Crippen LogP contribution in [0.4, 0.5) is 0 Å². The number of rotatable bonds is 3. The van der Waals surface area contributed by atoms with Gasteiger partial charge in [0.05, 0.1) is 0 Å². The van der Waals surface area contributed by atoms with Crippen molar-refractivity contribution >= 4 is 11.6 Å². The highest BCUT2D eigenvalue weighted by atomic mass is 35.5. The summed E-state index contributed by atoms with van der Waals surface area (Å²) in [5.41, 5.74) is 0.00689. The van der Waals surface area contributed by atoms with Crippen LogP contribution in [0.5, 0.6) is 0 Å². The van der Waals surface area contributed by atoms with E-state index in [0.29, 0.717) is 11.9 Å². The molecule has 1 aliphatic heterocycles. The van der Waals surface area contributed by atoms with E-state index in [0.717, 1.165) is 25.9 Å². The van der Waals surface area contributed by atoms with E-state index in [2.05, 4.69) is 18.7 Å². The third-order valence-corrected chi connectivity index (χ3v) is 3.77. The predicted molar refractivity (Wildman–Crippen MR) is 56.2 cm³/mol. The van der Waals surface area contributed by atoms with Crippen LogP contribution in [0.2, 0.25) is 0 Å². The second-order valence-electron chi connectivity index (χ2n) is 4.42. The highest BCUT2D eigenvalue weighted by Gasteiger charge is 2.33. The zero-order chi connectivity index (χ0) is 9.90. The van der Waals surface area contributed by atoms with Crippen molar-refractivity contribution in [3.63, 3.8) is 0 Å². The molecule has 0 bridgehead atoms. The second kappa shape index (κ2) is 4.63. The summed E-state index contributed by atoms with van der Waals surface area (Å²) in [6, 6.07) is 0.618. The molecule has 0 radical (unpaired) electrons. The van der Waals surface area contributed by atoms with Crippen molar-refractivity contribution in [2.75, 3.05) is 25.6 Å². The SMILES string of the molecule is CC(C)N1CCC(CO)(CCl)CC1. The first-order valence-corrected chi connectivity index (χ1v) is 5.58. The van der Waals surface area contributed by atoms with Crippen LogP contribution in [0.3, 0.4) is 0 Å². The molecule has 0 saturated carbocycles. The van der Waals surface area contributed by atoms with Crippen molar-refractivity contribution in [2.45, 2.75) is 32.7 Å². The van der Waals surface area contributed by atoms with Gasteiger partial charge < -0.3 is 10.0 Å². The monoisotopic (exact) mass is 205 g/mol. The first kappa shape index (κ1) is 11.3. The van der Waals surface area contributed by atoms with Gasteiger partial charge in [-0.15, -0.1) is 11.6 Å². The topological polar surface area (TPSA) is 23.5 Å². The fourth-order valence-electron chi connectivity index (χ4n) is 1.85. The molecule has 2 nitrogen and oxygen atoms in total. The summed E-state index contributed by atoms with van der Waals surface area (Å²) in [6.45, 7) is 6.82. The Bertz CT molecular complexity index is 147. The van der Waals surface area contributed by atoms with Crippen molar-refractivity contribution in [1.82, 2.24) is 4.90 Å². The zero-order valence-corrected chi connectivity index (χ0v) is 9.35. The maximum absolute atomic E-state index is 9.26. The molecular weight excluding hydrogens is 186 g/mol. The number of hydrogen-bond donors (Lipinski definition) is 1. The van der Waals surface area contributed by atoms with Crippen LogP contribution in [0.1, 0.15) is 26.7 Å². The number of hydrogen-bond acceptors (Lipinski definition) is 2.